The molecular formula is C25H31N3O8. The molecule has 1 amide bonds. The summed E-state index contributed by atoms with van der Waals surface area (Å²) in [5, 5.41) is 22.6. The van der Waals surface area contributed by atoms with Crippen molar-refractivity contribution in [1.82, 2.24) is 4.90 Å². The minimum atomic E-state index is -2.74. The van der Waals surface area contributed by atoms with Crippen molar-refractivity contribution in [3.8, 4) is 5.75 Å². The van der Waals surface area contributed by atoms with Crippen molar-refractivity contribution in [3.05, 3.63) is 22.8 Å². The number of aromatic hydroxyl groups is 1. The summed E-state index contributed by atoms with van der Waals surface area (Å²) < 4.78 is 5.15. The number of aliphatic hydroxyl groups is 1. The van der Waals surface area contributed by atoms with Crippen LogP contribution in [0.2, 0.25) is 0 Å². The third-order valence-corrected chi connectivity index (χ3v) is 7.90. The Hall–Kier alpha value is -3.15. The number of hydrogen-bond acceptors (Lipinski definition) is 10. The number of ketones is 4. The van der Waals surface area contributed by atoms with E-state index in [2.05, 4.69) is 0 Å². The normalized spacial score (nSPS) is 31.7. The Labute approximate surface area is 208 Å². The molecular weight excluding hydrogens is 470 g/mol. The Morgan fingerprint density at radius 2 is 1.81 bits per heavy atom. The van der Waals surface area contributed by atoms with E-state index in [0.29, 0.717) is 16.8 Å². The largest absolute Gasteiger partial charge is 0.507 e. The Balaban J connectivity index is 1.90. The molecule has 11 nitrogen and oxygen atoms in total. The second kappa shape index (κ2) is 8.75. The molecule has 0 aromatic heterocycles. The van der Waals surface area contributed by atoms with Crippen LogP contribution in [0.1, 0.15) is 27.9 Å². The van der Waals surface area contributed by atoms with Crippen molar-refractivity contribution in [3.63, 3.8) is 0 Å². The van der Waals surface area contributed by atoms with E-state index < -0.39 is 64.4 Å². The van der Waals surface area contributed by atoms with Crippen LogP contribution >= 0.6 is 0 Å². The number of amides is 1. The lowest BCUT2D eigenvalue weighted by atomic mass is 9.52. The number of methoxy groups -OCH3 is 1. The number of primary amides is 1. The number of nitrogens with zero attached hydrogens (tertiary/aromatic N) is 2. The fourth-order valence-electron chi connectivity index (χ4n) is 6.37. The van der Waals surface area contributed by atoms with Gasteiger partial charge in [-0.2, -0.15) is 0 Å². The standard InChI is InChI=1S/C25H31N3O8/c1-27(2)14-8-11(9-36-5)19(29)16-12(14)6-10-7-13-18(28(3)4)21(31)17(24(26)34)23(33)25(13,35)22(32)15(10)20(16)30/h8,10,13,15,17-18,29,35H,6-7,9H2,1-5H3,(H2,26,34). The van der Waals surface area contributed by atoms with E-state index in [4.69, 9.17) is 10.5 Å². The van der Waals surface area contributed by atoms with Crippen LogP contribution in [0, 0.1) is 23.7 Å². The van der Waals surface area contributed by atoms with Gasteiger partial charge in [0, 0.05) is 38.4 Å². The number of anilines is 1. The number of phenols is 1. The average Bonchev–Trinajstić information content (AvgIpc) is 2.77. The molecule has 194 valence electrons. The third kappa shape index (κ3) is 3.40. The molecule has 1 aromatic rings. The van der Waals surface area contributed by atoms with Gasteiger partial charge < -0.3 is 25.6 Å². The summed E-state index contributed by atoms with van der Waals surface area (Å²) in [6, 6.07) is 0.595. The minimum Gasteiger partial charge on any atom is -0.507 e. The van der Waals surface area contributed by atoms with Crippen molar-refractivity contribution < 1.29 is 38.9 Å². The van der Waals surface area contributed by atoms with E-state index in [9.17, 15) is 34.2 Å². The summed E-state index contributed by atoms with van der Waals surface area (Å²) >= 11 is 0. The van der Waals surface area contributed by atoms with Gasteiger partial charge in [-0.25, -0.2) is 0 Å². The van der Waals surface area contributed by atoms with Gasteiger partial charge in [-0.05, 0) is 44.5 Å². The fraction of sp³-hybridized carbons (Fsp3) is 0.560. The zero-order valence-corrected chi connectivity index (χ0v) is 20.9. The SMILES string of the molecule is COCc1cc(N(C)C)c2c(c1O)C(=O)C1C(=O)C3(O)C(=O)C(C(N)=O)C(=O)C(N(C)C)C3CC1C2. The number of likely N-dealkylation sites (N-methyl/N-ethyl adjacent to an activating group) is 1. The minimum absolute atomic E-state index is 0.0113. The number of benzene rings is 1. The lowest BCUT2D eigenvalue weighted by Crippen LogP contribution is -2.74. The van der Waals surface area contributed by atoms with E-state index in [1.807, 2.05) is 0 Å². The van der Waals surface area contributed by atoms with Crippen molar-refractivity contribution in [1.29, 1.82) is 0 Å². The molecule has 2 saturated carbocycles. The van der Waals surface area contributed by atoms with Crippen LogP contribution in [0.5, 0.6) is 5.75 Å². The van der Waals surface area contributed by atoms with Crippen molar-refractivity contribution in [2.45, 2.75) is 31.1 Å². The summed E-state index contributed by atoms with van der Waals surface area (Å²) in [7, 11) is 8.12. The lowest BCUT2D eigenvalue weighted by molar-refractivity contribution is -0.181. The number of ether oxygens (including phenoxy) is 1. The Bertz CT molecular complexity index is 1190. The van der Waals surface area contributed by atoms with Gasteiger partial charge in [-0.15, -0.1) is 0 Å². The van der Waals surface area contributed by atoms with Crippen LogP contribution < -0.4 is 10.6 Å². The molecule has 6 unspecified atom stereocenters. The molecule has 0 heterocycles. The fourth-order valence-corrected chi connectivity index (χ4v) is 6.37. The van der Waals surface area contributed by atoms with E-state index in [1.54, 1.807) is 39.2 Å². The van der Waals surface area contributed by atoms with Gasteiger partial charge in [-0.3, -0.25) is 28.9 Å². The number of carbonyl (C=O) groups excluding carboxylic acids is 5. The smallest absolute Gasteiger partial charge is 0.235 e. The number of rotatable bonds is 5. The van der Waals surface area contributed by atoms with Crippen LogP contribution in [0.15, 0.2) is 6.07 Å². The first-order valence-corrected chi connectivity index (χ1v) is 11.7. The van der Waals surface area contributed by atoms with Gasteiger partial charge in [-0.1, -0.05) is 0 Å². The molecule has 11 heteroatoms. The number of fused-ring (bicyclic) bond motifs is 3. The molecule has 0 radical (unpaired) electrons. The molecule has 3 aliphatic carbocycles. The molecule has 0 aliphatic heterocycles. The Morgan fingerprint density at radius 3 is 2.33 bits per heavy atom. The van der Waals surface area contributed by atoms with Gasteiger partial charge >= 0.3 is 0 Å². The maximum Gasteiger partial charge on any atom is 0.235 e. The summed E-state index contributed by atoms with van der Waals surface area (Å²) in [4.78, 5) is 69.4. The monoisotopic (exact) mass is 501 g/mol. The van der Waals surface area contributed by atoms with Crippen molar-refractivity contribution in [2.24, 2.45) is 29.4 Å². The number of Topliss-reactive ketones (excluding diaryl/α,β-unsaturated/α-hetero) is 4. The maximum absolute atomic E-state index is 13.8. The molecule has 2 fully saturated rings. The topological polar surface area (TPSA) is 168 Å². The molecule has 0 spiro atoms. The number of carbonyl (C=O) groups is 5. The number of nitrogens with two attached hydrogens (primary N) is 1. The quantitative estimate of drug-likeness (QED) is 0.429. The van der Waals surface area contributed by atoms with Crippen LogP contribution in [-0.4, -0.2) is 91.1 Å². The van der Waals surface area contributed by atoms with Crippen LogP contribution in [0.3, 0.4) is 0 Å². The molecule has 36 heavy (non-hydrogen) atoms. The van der Waals surface area contributed by atoms with E-state index >= 15 is 0 Å². The predicted molar refractivity (Wildman–Crippen MR) is 126 cm³/mol. The van der Waals surface area contributed by atoms with E-state index in [-0.39, 0.29) is 30.8 Å². The number of hydrogen-bond donors (Lipinski definition) is 3. The summed E-state index contributed by atoms with van der Waals surface area (Å²) in [5.74, 6) is -10.6. The van der Waals surface area contributed by atoms with Crippen molar-refractivity contribution >= 4 is 34.7 Å². The Morgan fingerprint density at radius 1 is 1.17 bits per heavy atom. The second-order valence-corrected chi connectivity index (χ2v) is 10.4. The van der Waals surface area contributed by atoms with Gasteiger partial charge in [0.2, 0.25) is 5.91 Å². The van der Waals surface area contributed by atoms with E-state index in [0.717, 1.165) is 0 Å². The molecule has 6 atom stereocenters. The molecule has 0 saturated heterocycles. The first-order chi connectivity index (χ1) is 16.8. The van der Waals surface area contributed by atoms with Crippen molar-refractivity contribution in [2.75, 3.05) is 40.2 Å². The zero-order chi connectivity index (χ0) is 26.9. The molecule has 4 rings (SSSR count). The molecule has 4 N–H and O–H groups in total. The molecule has 0 bridgehead atoms. The summed E-state index contributed by atoms with van der Waals surface area (Å²) in [6.07, 6.45) is 0.220. The highest BCUT2D eigenvalue weighted by Crippen LogP contribution is 2.52. The summed E-state index contributed by atoms with van der Waals surface area (Å²) in [5.41, 5.74) is 4.13. The van der Waals surface area contributed by atoms with Crippen LogP contribution in [0.4, 0.5) is 5.69 Å². The number of phenolic OH excluding ortho intramolecular Hbond substituents is 1. The molecule has 1 aromatic carbocycles. The Kier molecular flexibility index (Phi) is 6.30. The molecule has 3 aliphatic rings. The van der Waals surface area contributed by atoms with Crippen LogP contribution in [0.25, 0.3) is 0 Å². The van der Waals surface area contributed by atoms with Gasteiger partial charge in [0.25, 0.3) is 0 Å². The average molecular weight is 502 g/mol. The van der Waals surface area contributed by atoms with Gasteiger partial charge in [0.1, 0.15) is 5.75 Å². The highest BCUT2D eigenvalue weighted by Gasteiger charge is 2.69. The highest BCUT2D eigenvalue weighted by atomic mass is 16.5. The highest BCUT2D eigenvalue weighted by molar-refractivity contribution is 6.32. The van der Waals surface area contributed by atoms with Crippen LogP contribution in [-0.2, 0) is 36.9 Å². The second-order valence-electron chi connectivity index (χ2n) is 10.4. The third-order valence-electron chi connectivity index (χ3n) is 7.90. The van der Waals surface area contributed by atoms with Gasteiger partial charge in [0.05, 0.1) is 24.1 Å². The first kappa shape index (κ1) is 25.9. The predicted octanol–water partition coefficient (Wildman–Crippen LogP) is -0.921. The first-order valence-electron chi connectivity index (χ1n) is 11.7. The van der Waals surface area contributed by atoms with Gasteiger partial charge in [0.15, 0.2) is 34.7 Å². The maximum atomic E-state index is 13.8. The zero-order valence-electron chi connectivity index (χ0n) is 20.9. The lowest BCUT2D eigenvalue weighted by Gasteiger charge is -2.52. The summed E-state index contributed by atoms with van der Waals surface area (Å²) in [6.45, 7) is 0.0205. The van der Waals surface area contributed by atoms with E-state index in [1.165, 1.54) is 12.0 Å².